The van der Waals surface area contributed by atoms with Crippen molar-refractivity contribution in [1.29, 1.82) is 0 Å². The zero-order valence-electron chi connectivity index (χ0n) is 11.8. The summed E-state index contributed by atoms with van der Waals surface area (Å²) in [6, 6.07) is 6.67. The van der Waals surface area contributed by atoms with Crippen molar-refractivity contribution >= 4 is 11.9 Å². The van der Waals surface area contributed by atoms with Gasteiger partial charge in [-0.25, -0.2) is 4.68 Å². The first-order chi connectivity index (χ1) is 10.6. The van der Waals surface area contributed by atoms with E-state index in [-0.39, 0.29) is 11.9 Å². The third kappa shape index (κ3) is 2.83. The minimum atomic E-state index is -0.848. The summed E-state index contributed by atoms with van der Waals surface area (Å²) in [6.45, 7) is 0. The lowest BCUT2D eigenvalue weighted by Gasteiger charge is -2.17. The van der Waals surface area contributed by atoms with E-state index in [0.717, 1.165) is 12.1 Å². The van der Waals surface area contributed by atoms with Crippen LogP contribution in [-0.2, 0) is 4.79 Å². The van der Waals surface area contributed by atoms with E-state index in [1.54, 1.807) is 35.3 Å². The zero-order chi connectivity index (χ0) is 15.5. The molecule has 0 radical (unpaired) electrons. The molecule has 7 nitrogen and oxygen atoms in total. The first-order valence-electron chi connectivity index (χ1n) is 7.15. The second kappa shape index (κ2) is 5.97. The molecular weight excluding hydrogens is 284 g/mol. The fourth-order valence-corrected chi connectivity index (χ4v) is 2.82. The number of hydrogen-bond acceptors (Lipinski definition) is 4. The molecule has 114 valence electrons. The van der Waals surface area contributed by atoms with Crippen LogP contribution in [0.25, 0.3) is 5.69 Å². The van der Waals surface area contributed by atoms with E-state index in [1.165, 1.54) is 0 Å². The van der Waals surface area contributed by atoms with Gasteiger partial charge in [0.25, 0.3) is 5.91 Å². The van der Waals surface area contributed by atoms with E-state index in [2.05, 4.69) is 15.6 Å². The van der Waals surface area contributed by atoms with Crippen molar-refractivity contribution in [1.82, 2.24) is 20.3 Å². The Kier molecular flexibility index (Phi) is 3.86. The van der Waals surface area contributed by atoms with Crippen molar-refractivity contribution in [3.05, 3.63) is 42.2 Å². The molecule has 1 amide bonds. The van der Waals surface area contributed by atoms with Crippen LogP contribution in [0.3, 0.4) is 0 Å². The van der Waals surface area contributed by atoms with Gasteiger partial charge in [0.15, 0.2) is 0 Å². The second-order valence-electron chi connectivity index (χ2n) is 5.35. The summed E-state index contributed by atoms with van der Waals surface area (Å²) < 4.78 is 1.56. The topological polar surface area (TPSA) is 97.1 Å². The van der Waals surface area contributed by atoms with E-state index in [4.69, 9.17) is 5.11 Å². The number of aromatic nitrogens is 3. The number of nitrogens with zero attached hydrogens (tertiary/aromatic N) is 3. The molecule has 0 saturated heterocycles. The molecule has 7 heteroatoms. The predicted molar refractivity (Wildman–Crippen MR) is 77.6 cm³/mol. The molecule has 0 unspecified atom stereocenters. The summed E-state index contributed by atoms with van der Waals surface area (Å²) in [7, 11) is 0. The summed E-state index contributed by atoms with van der Waals surface area (Å²) in [4.78, 5) is 23.5. The van der Waals surface area contributed by atoms with Crippen molar-refractivity contribution in [2.45, 2.75) is 25.3 Å². The Morgan fingerprint density at radius 3 is 2.91 bits per heavy atom. The molecule has 2 N–H and O–H groups in total. The standard InChI is InChI=1S/C15H16N4O3/c20-14(17-13-6-2-5-12(13)15(21)22)10-3-1-4-11(9-10)19-8-7-16-18-19/h1,3-4,7-9,12-13H,2,5-6H2,(H,17,20)(H,21,22)/t12-,13+/m1/s1. The number of carboxylic acid groups (broad SMARTS) is 1. The highest BCUT2D eigenvalue weighted by Gasteiger charge is 2.34. The Hall–Kier alpha value is -2.70. The van der Waals surface area contributed by atoms with Gasteiger partial charge in [0.05, 0.1) is 24.0 Å². The number of carboxylic acids is 1. The summed E-state index contributed by atoms with van der Waals surface area (Å²) in [6.07, 6.45) is 5.38. The monoisotopic (exact) mass is 300 g/mol. The molecule has 0 aliphatic heterocycles. The molecule has 0 bridgehead atoms. The molecule has 1 saturated carbocycles. The van der Waals surface area contributed by atoms with Crippen LogP contribution >= 0.6 is 0 Å². The summed E-state index contributed by atoms with van der Waals surface area (Å²) >= 11 is 0. The van der Waals surface area contributed by atoms with Crippen molar-refractivity contribution in [2.24, 2.45) is 5.92 Å². The van der Waals surface area contributed by atoms with Gasteiger partial charge in [0.1, 0.15) is 0 Å². The molecule has 22 heavy (non-hydrogen) atoms. The number of amides is 1. The van der Waals surface area contributed by atoms with Gasteiger partial charge in [-0.2, -0.15) is 0 Å². The van der Waals surface area contributed by atoms with Crippen LogP contribution in [0.1, 0.15) is 29.6 Å². The molecule has 3 rings (SSSR count). The van der Waals surface area contributed by atoms with Gasteiger partial charge in [-0.15, -0.1) is 5.10 Å². The number of rotatable bonds is 4. The third-order valence-corrected chi connectivity index (χ3v) is 3.95. The van der Waals surface area contributed by atoms with E-state index >= 15 is 0 Å². The lowest BCUT2D eigenvalue weighted by Crippen LogP contribution is -2.40. The molecule has 1 heterocycles. The van der Waals surface area contributed by atoms with Gasteiger partial charge in [0.2, 0.25) is 0 Å². The average molecular weight is 300 g/mol. The molecule has 1 fully saturated rings. The van der Waals surface area contributed by atoms with Gasteiger partial charge < -0.3 is 10.4 Å². The van der Waals surface area contributed by atoms with Crippen LogP contribution in [0.5, 0.6) is 0 Å². The molecule has 2 aromatic rings. The van der Waals surface area contributed by atoms with Crippen LogP contribution in [0.4, 0.5) is 0 Å². The molecular formula is C15H16N4O3. The quantitative estimate of drug-likeness (QED) is 0.885. The Labute approximate surface area is 126 Å². The van der Waals surface area contributed by atoms with Gasteiger partial charge in [-0.3, -0.25) is 9.59 Å². The molecule has 1 aromatic heterocycles. The maximum atomic E-state index is 12.3. The van der Waals surface area contributed by atoms with Crippen LogP contribution in [0, 0.1) is 5.92 Å². The van der Waals surface area contributed by atoms with Crippen LogP contribution in [0.15, 0.2) is 36.7 Å². The van der Waals surface area contributed by atoms with Gasteiger partial charge in [-0.1, -0.05) is 17.7 Å². The Balaban J connectivity index is 1.75. The van der Waals surface area contributed by atoms with Crippen molar-refractivity contribution in [3.63, 3.8) is 0 Å². The van der Waals surface area contributed by atoms with E-state index in [0.29, 0.717) is 18.4 Å². The average Bonchev–Trinajstić information content (AvgIpc) is 3.18. The Bertz CT molecular complexity index is 684. The predicted octanol–water partition coefficient (Wildman–Crippen LogP) is 1.25. The minimum absolute atomic E-state index is 0.264. The first kappa shape index (κ1) is 14.2. The van der Waals surface area contributed by atoms with Crippen molar-refractivity contribution < 1.29 is 14.7 Å². The molecule has 1 aromatic carbocycles. The number of carbonyl (C=O) groups is 2. The highest BCUT2D eigenvalue weighted by molar-refractivity contribution is 5.95. The SMILES string of the molecule is O=C(N[C@H]1CCC[C@H]1C(=O)O)c1cccc(-n2ccnn2)c1. The van der Waals surface area contributed by atoms with E-state index in [1.807, 2.05) is 6.07 Å². The molecule has 0 spiro atoms. The van der Waals surface area contributed by atoms with Gasteiger partial charge in [0, 0.05) is 11.6 Å². The number of hydrogen-bond donors (Lipinski definition) is 2. The Morgan fingerprint density at radius 1 is 1.32 bits per heavy atom. The summed E-state index contributed by atoms with van der Waals surface area (Å²) in [5.41, 5.74) is 1.20. The normalized spacial score (nSPS) is 20.7. The van der Waals surface area contributed by atoms with Gasteiger partial charge >= 0.3 is 5.97 Å². The summed E-state index contributed by atoms with van der Waals surface area (Å²) in [5.74, 6) is -1.61. The van der Waals surface area contributed by atoms with E-state index in [9.17, 15) is 9.59 Å². The third-order valence-electron chi connectivity index (χ3n) is 3.95. The lowest BCUT2D eigenvalue weighted by atomic mass is 10.0. The lowest BCUT2D eigenvalue weighted by molar-refractivity contribution is -0.142. The minimum Gasteiger partial charge on any atom is -0.481 e. The van der Waals surface area contributed by atoms with Crippen LogP contribution in [-0.4, -0.2) is 38.0 Å². The van der Waals surface area contributed by atoms with Crippen molar-refractivity contribution in [3.8, 4) is 5.69 Å². The first-order valence-corrected chi connectivity index (χ1v) is 7.15. The second-order valence-corrected chi connectivity index (χ2v) is 5.35. The van der Waals surface area contributed by atoms with Crippen molar-refractivity contribution in [2.75, 3.05) is 0 Å². The maximum absolute atomic E-state index is 12.3. The number of carbonyl (C=O) groups excluding carboxylic acids is 1. The van der Waals surface area contributed by atoms with Crippen LogP contribution in [0.2, 0.25) is 0 Å². The molecule has 2 atom stereocenters. The highest BCUT2D eigenvalue weighted by atomic mass is 16.4. The largest absolute Gasteiger partial charge is 0.481 e. The fourth-order valence-electron chi connectivity index (χ4n) is 2.82. The number of benzene rings is 1. The molecule has 1 aliphatic rings. The zero-order valence-corrected chi connectivity index (χ0v) is 11.8. The molecule has 1 aliphatic carbocycles. The highest BCUT2D eigenvalue weighted by Crippen LogP contribution is 2.26. The fraction of sp³-hybridized carbons (Fsp3) is 0.333. The summed E-state index contributed by atoms with van der Waals surface area (Å²) in [5, 5.41) is 19.6. The Morgan fingerprint density at radius 2 is 2.18 bits per heavy atom. The number of aliphatic carboxylic acids is 1. The van der Waals surface area contributed by atoms with Gasteiger partial charge in [-0.05, 0) is 31.0 Å². The smallest absolute Gasteiger partial charge is 0.308 e. The number of nitrogens with one attached hydrogen (secondary N) is 1. The van der Waals surface area contributed by atoms with Crippen LogP contribution < -0.4 is 5.32 Å². The van der Waals surface area contributed by atoms with E-state index < -0.39 is 11.9 Å². The maximum Gasteiger partial charge on any atom is 0.308 e.